The summed E-state index contributed by atoms with van der Waals surface area (Å²) in [5, 5.41) is 16.0. The van der Waals surface area contributed by atoms with Crippen molar-refractivity contribution in [2.45, 2.75) is 32.4 Å². The van der Waals surface area contributed by atoms with Gasteiger partial charge in [0.2, 0.25) is 0 Å². The average molecular weight is 451 g/mol. The van der Waals surface area contributed by atoms with Crippen LogP contribution in [0.15, 0.2) is 29.3 Å². The number of benzene rings is 1. The molecule has 1 aromatic rings. The van der Waals surface area contributed by atoms with E-state index in [0.717, 1.165) is 6.61 Å². The van der Waals surface area contributed by atoms with Crippen molar-refractivity contribution in [2.24, 2.45) is 10.9 Å². The average Bonchev–Trinajstić information content (AvgIpc) is 3.36. The van der Waals surface area contributed by atoms with Crippen LogP contribution in [0.25, 0.3) is 0 Å². The molecule has 0 aromatic heterocycles. The number of hydrogen-bond acceptors (Lipinski definition) is 3. The number of ether oxygens (including phenoxy) is 1. The SMILES string of the molecule is CCNC(=NCc1ccccc1F)NCC(O)COCC1CC1.I. The van der Waals surface area contributed by atoms with Crippen LogP contribution in [0.1, 0.15) is 25.3 Å². The Morgan fingerprint density at radius 1 is 1.38 bits per heavy atom. The van der Waals surface area contributed by atoms with Crippen LogP contribution >= 0.6 is 24.0 Å². The lowest BCUT2D eigenvalue weighted by atomic mass is 10.2. The van der Waals surface area contributed by atoms with Crippen LogP contribution in [0.4, 0.5) is 4.39 Å². The van der Waals surface area contributed by atoms with Crippen LogP contribution in [0, 0.1) is 11.7 Å². The van der Waals surface area contributed by atoms with Gasteiger partial charge in [-0.05, 0) is 31.7 Å². The van der Waals surface area contributed by atoms with Gasteiger partial charge in [0, 0.05) is 25.3 Å². The molecule has 7 heteroatoms. The standard InChI is InChI=1S/C17H26FN3O2.HI/c1-2-19-17(20-9-14-5-3-4-6-16(14)18)21-10-15(22)12-23-11-13-7-8-13;/h3-6,13,15,22H,2,7-12H2,1H3,(H2,19,20,21);1H. The van der Waals surface area contributed by atoms with Gasteiger partial charge in [0.15, 0.2) is 5.96 Å². The van der Waals surface area contributed by atoms with E-state index in [9.17, 15) is 9.50 Å². The number of nitrogens with zero attached hydrogens (tertiary/aromatic N) is 1. The Balaban J connectivity index is 0.00000288. The predicted octanol–water partition coefficient (Wildman–Crippen LogP) is 2.29. The quantitative estimate of drug-likeness (QED) is 0.306. The summed E-state index contributed by atoms with van der Waals surface area (Å²) in [4.78, 5) is 4.34. The minimum atomic E-state index is -0.592. The van der Waals surface area contributed by atoms with Gasteiger partial charge in [-0.25, -0.2) is 9.38 Å². The normalized spacial score (nSPS) is 15.5. The van der Waals surface area contributed by atoms with Crippen LogP contribution in [0.3, 0.4) is 0 Å². The Hall–Kier alpha value is -0.930. The maximum atomic E-state index is 13.6. The first-order valence-electron chi connectivity index (χ1n) is 8.20. The van der Waals surface area contributed by atoms with E-state index in [2.05, 4.69) is 15.6 Å². The van der Waals surface area contributed by atoms with E-state index in [1.54, 1.807) is 18.2 Å². The molecule has 0 spiro atoms. The fraction of sp³-hybridized carbons (Fsp3) is 0.588. The highest BCUT2D eigenvalue weighted by Crippen LogP contribution is 2.28. The van der Waals surface area contributed by atoms with E-state index in [4.69, 9.17) is 4.74 Å². The first-order chi connectivity index (χ1) is 11.2. The molecule has 1 fully saturated rings. The van der Waals surface area contributed by atoms with Crippen LogP contribution in [-0.2, 0) is 11.3 Å². The van der Waals surface area contributed by atoms with Crippen LogP contribution in [-0.4, -0.2) is 43.5 Å². The third kappa shape index (κ3) is 8.25. The first kappa shape index (κ1) is 21.1. The number of guanidine groups is 1. The zero-order chi connectivity index (χ0) is 16.5. The fourth-order valence-corrected chi connectivity index (χ4v) is 2.06. The summed E-state index contributed by atoms with van der Waals surface area (Å²) >= 11 is 0. The number of aliphatic hydroxyl groups is 1. The van der Waals surface area contributed by atoms with E-state index in [1.807, 2.05) is 6.92 Å². The number of aliphatic hydroxyl groups excluding tert-OH is 1. The van der Waals surface area contributed by atoms with Crippen molar-refractivity contribution >= 4 is 29.9 Å². The molecule has 0 amide bonds. The summed E-state index contributed by atoms with van der Waals surface area (Å²) in [5.41, 5.74) is 0.540. The van der Waals surface area contributed by atoms with Gasteiger partial charge in [0.05, 0.1) is 19.3 Å². The molecule has 1 aliphatic rings. The zero-order valence-corrected chi connectivity index (χ0v) is 16.3. The molecule has 1 aromatic carbocycles. The lowest BCUT2D eigenvalue weighted by Gasteiger charge is -2.15. The molecule has 0 heterocycles. The predicted molar refractivity (Wildman–Crippen MR) is 104 cm³/mol. The van der Waals surface area contributed by atoms with Gasteiger partial charge in [0.1, 0.15) is 5.82 Å². The highest BCUT2D eigenvalue weighted by Gasteiger charge is 2.21. The second-order valence-corrected chi connectivity index (χ2v) is 5.80. The second kappa shape index (κ2) is 11.6. The summed E-state index contributed by atoms with van der Waals surface area (Å²) in [6, 6.07) is 6.58. The molecule has 5 nitrogen and oxygen atoms in total. The van der Waals surface area contributed by atoms with Crippen molar-refractivity contribution < 1.29 is 14.2 Å². The summed E-state index contributed by atoms with van der Waals surface area (Å²) < 4.78 is 19.0. The molecule has 1 aliphatic carbocycles. The minimum Gasteiger partial charge on any atom is -0.389 e. The molecule has 0 aliphatic heterocycles. The molecular weight excluding hydrogens is 424 g/mol. The first-order valence-corrected chi connectivity index (χ1v) is 8.20. The van der Waals surface area contributed by atoms with Crippen molar-refractivity contribution in [1.29, 1.82) is 0 Å². The maximum absolute atomic E-state index is 13.6. The summed E-state index contributed by atoms with van der Waals surface area (Å²) in [6.07, 6.45) is 1.88. The number of nitrogens with one attached hydrogen (secondary N) is 2. The smallest absolute Gasteiger partial charge is 0.191 e. The maximum Gasteiger partial charge on any atom is 0.191 e. The third-order valence-electron chi connectivity index (χ3n) is 3.58. The Labute approximate surface area is 160 Å². The van der Waals surface area contributed by atoms with Crippen molar-refractivity contribution in [1.82, 2.24) is 10.6 Å². The van der Waals surface area contributed by atoms with Crippen LogP contribution in [0.5, 0.6) is 0 Å². The van der Waals surface area contributed by atoms with Crippen molar-refractivity contribution in [3.8, 4) is 0 Å². The van der Waals surface area contributed by atoms with Crippen LogP contribution < -0.4 is 10.6 Å². The number of halogens is 2. The topological polar surface area (TPSA) is 65.9 Å². The molecule has 2 rings (SSSR count). The van der Waals surface area contributed by atoms with Gasteiger partial charge < -0.3 is 20.5 Å². The minimum absolute atomic E-state index is 0. The van der Waals surface area contributed by atoms with E-state index in [0.29, 0.717) is 37.1 Å². The van der Waals surface area contributed by atoms with Crippen LogP contribution in [0.2, 0.25) is 0 Å². The number of rotatable bonds is 9. The summed E-state index contributed by atoms with van der Waals surface area (Å²) in [5.74, 6) is 0.979. The highest BCUT2D eigenvalue weighted by molar-refractivity contribution is 14.0. The third-order valence-corrected chi connectivity index (χ3v) is 3.58. The monoisotopic (exact) mass is 451 g/mol. The molecule has 1 unspecified atom stereocenters. The Kier molecular flexibility index (Phi) is 10.2. The molecule has 1 saturated carbocycles. The van der Waals surface area contributed by atoms with E-state index in [-0.39, 0.29) is 36.3 Å². The van der Waals surface area contributed by atoms with Gasteiger partial charge in [0.25, 0.3) is 0 Å². The molecule has 3 N–H and O–H groups in total. The van der Waals surface area contributed by atoms with Crippen molar-refractivity contribution in [3.05, 3.63) is 35.6 Å². The summed E-state index contributed by atoms with van der Waals surface area (Å²) in [6.45, 7) is 4.28. The zero-order valence-electron chi connectivity index (χ0n) is 14.0. The lowest BCUT2D eigenvalue weighted by molar-refractivity contribution is 0.0345. The van der Waals surface area contributed by atoms with E-state index in [1.165, 1.54) is 18.9 Å². The second-order valence-electron chi connectivity index (χ2n) is 5.80. The van der Waals surface area contributed by atoms with Gasteiger partial charge >= 0.3 is 0 Å². The number of aliphatic imine (C=N–C) groups is 1. The Morgan fingerprint density at radius 3 is 2.79 bits per heavy atom. The molecule has 0 bridgehead atoms. The molecular formula is C17H27FIN3O2. The lowest BCUT2D eigenvalue weighted by Crippen LogP contribution is -2.42. The highest BCUT2D eigenvalue weighted by atomic mass is 127. The Bertz CT molecular complexity index is 512. The summed E-state index contributed by atoms with van der Waals surface area (Å²) in [7, 11) is 0. The largest absolute Gasteiger partial charge is 0.389 e. The van der Waals surface area contributed by atoms with Gasteiger partial charge in [-0.3, -0.25) is 0 Å². The molecule has 24 heavy (non-hydrogen) atoms. The number of hydrogen-bond donors (Lipinski definition) is 3. The van der Waals surface area contributed by atoms with E-state index < -0.39 is 6.10 Å². The fourth-order valence-electron chi connectivity index (χ4n) is 2.06. The van der Waals surface area contributed by atoms with Crippen molar-refractivity contribution in [2.75, 3.05) is 26.3 Å². The molecule has 0 saturated heterocycles. The molecule has 136 valence electrons. The van der Waals surface area contributed by atoms with E-state index >= 15 is 0 Å². The van der Waals surface area contributed by atoms with Crippen molar-refractivity contribution in [3.63, 3.8) is 0 Å². The van der Waals surface area contributed by atoms with Gasteiger partial charge in [-0.1, -0.05) is 18.2 Å². The van der Waals surface area contributed by atoms with Gasteiger partial charge in [-0.2, -0.15) is 0 Å². The molecule has 0 radical (unpaired) electrons. The van der Waals surface area contributed by atoms with Gasteiger partial charge in [-0.15, -0.1) is 24.0 Å². The Morgan fingerprint density at radius 2 is 2.12 bits per heavy atom. The molecule has 1 atom stereocenters.